The predicted octanol–water partition coefficient (Wildman–Crippen LogP) is 4.53. The lowest BCUT2D eigenvalue weighted by Gasteiger charge is -2.18. The maximum absolute atomic E-state index is 12.2. The average Bonchev–Trinajstić information content (AvgIpc) is 3.13. The molecule has 0 spiro atoms. The first-order valence-corrected chi connectivity index (χ1v) is 9.57. The predicted molar refractivity (Wildman–Crippen MR) is 98.8 cm³/mol. The quantitative estimate of drug-likeness (QED) is 0.752. The molecule has 2 aromatic rings. The number of hydrogen-bond acceptors (Lipinski definition) is 3. The van der Waals surface area contributed by atoms with Crippen molar-refractivity contribution in [2.24, 2.45) is 5.92 Å². The molecule has 0 aliphatic carbocycles. The normalized spacial score (nSPS) is 17.7. The third-order valence-corrected chi connectivity index (χ3v) is 7.08. The standard InChI is InChI=1S/C16H16Br2N2OS/c17-13-8-14(22-15(13)18)16(21)19-9-11-6-7-20(10-11)12-4-2-1-3-5-12/h1-5,8,11H,6-7,9-10H2,(H,19,21). The Kier molecular flexibility index (Phi) is 5.21. The Morgan fingerprint density at radius 2 is 2.09 bits per heavy atom. The first-order valence-electron chi connectivity index (χ1n) is 7.16. The fraction of sp³-hybridized carbons (Fsp3) is 0.312. The number of carbonyl (C=O) groups excluding carboxylic acids is 1. The molecule has 116 valence electrons. The van der Waals surface area contributed by atoms with Crippen LogP contribution in [0, 0.1) is 5.92 Å². The Bertz CT molecular complexity index is 640. The molecule has 3 nitrogen and oxygen atoms in total. The second kappa shape index (κ2) is 7.15. The lowest BCUT2D eigenvalue weighted by molar-refractivity contribution is 0.0952. The monoisotopic (exact) mass is 442 g/mol. The Hall–Kier alpha value is -0.850. The highest BCUT2D eigenvalue weighted by molar-refractivity contribution is 9.13. The molecular weight excluding hydrogens is 428 g/mol. The summed E-state index contributed by atoms with van der Waals surface area (Å²) in [5.41, 5.74) is 1.27. The van der Waals surface area contributed by atoms with Crippen LogP contribution in [0.2, 0.25) is 0 Å². The zero-order valence-electron chi connectivity index (χ0n) is 11.9. The Morgan fingerprint density at radius 3 is 2.77 bits per heavy atom. The summed E-state index contributed by atoms with van der Waals surface area (Å²) in [6, 6.07) is 12.3. The largest absolute Gasteiger partial charge is 0.371 e. The Morgan fingerprint density at radius 1 is 1.32 bits per heavy atom. The molecule has 2 heterocycles. The van der Waals surface area contributed by atoms with E-state index in [1.807, 2.05) is 12.1 Å². The number of amides is 1. The number of anilines is 1. The second-order valence-corrected chi connectivity index (χ2v) is 8.60. The van der Waals surface area contributed by atoms with Crippen molar-refractivity contribution in [2.75, 3.05) is 24.5 Å². The van der Waals surface area contributed by atoms with Gasteiger partial charge < -0.3 is 10.2 Å². The van der Waals surface area contributed by atoms with Gasteiger partial charge in [-0.25, -0.2) is 0 Å². The first-order chi connectivity index (χ1) is 10.6. The van der Waals surface area contributed by atoms with Crippen molar-refractivity contribution in [2.45, 2.75) is 6.42 Å². The van der Waals surface area contributed by atoms with Gasteiger partial charge in [0, 0.05) is 29.8 Å². The molecule has 22 heavy (non-hydrogen) atoms. The molecule has 0 radical (unpaired) electrons. The van der Waals surface area contributed by atoms with Crippen molar-refractivity contribution in [3.05, 3.63) is 49.5 Å². The molecule has 1 unspecified atom stereocenters. The maximum atomic E-state index is 12.2. The molecule has 0 saturated carbocycles. The van der Waals surface area contributed by atoms with Crippen molar-refractivity contribution in [1.82, 2.24) is 5.32 Å². The number of rotatable bonds is 4. The summed E-state index contributed by atoms with van der Waals surface area (Å²) in [6.07, 6.45) is 1.12. The van der Waals surface area contributed by atoms with Crippen LogP contribution in [-0.4, -0.2) is 25.5 Å². The lowest BCUT2D eigenvalue weighted by atomic mass is 10.1. The highest BCUT2D eigenvalue weighted by Crippen LogP contribution is 2.32. The third-order valence-electron chi connectivity index (χ3n) is 3.83. The van der Waals surface area contributed by atoms with Crippen molar-refractivity contribution < 1.29 is 4.79 Å². The fourth-order valence-electron chi connectivity index (χ4n) is 2.66. The van der Waals surface area contributed by atoms with Crippen LogP contribution >= 0.6 is 43.2 Å². The lowest BCUT2D eigenvalue weighted by Crippen LogP contribution is -2.30. The highest BCUT2D eigenvalue weighted by Gasteiger charge is 2.23. The van der Waals surface area contributed by atoms with Crippen molar-refractivity contribution in [3.63, 3.8) is 0 Å². The van der Waals surface area contributed by atoms with Gasteiger partial charge in [0.05, 0.1) is 8.66 Å². The van der Waals surface area contributed by atoms with E-state index in [0.717, 1.165) is 39.2 Å². The Labute approximate surface area is 151 Å². The van der Waals surface area contributed by atoms with Crippen LogP contribution in [0.5, 0.6) is 0 Å². The van der Waals surface area contributed by atoms with Crippen LogP contribution < -0.4 is 10.2 Å². The third kappa shape index (κ3) is 3.73. The smallest absolute Gasteiger partial charge is 0.261 e. The van der Waals surface area contributed by atoms with Gasteiger partial charge in [-0.1, -0.05) is 18.2 Å². The number of halogens is 2. The van der Waals surface area contributed by atoms with Crippen molar-refractivity contribution in [3.8, 4) is 0 Å². The van der Waals surface area contributed by atoms with Gasteiger partial charge in [-0.3, -0.25) is 4.79 Å². The SMILES string of the molecule is O=C(NCC1CCN(c2ccccc2)C1)c1cc(Br)c(Br)s1. The molecule has 1 amide bonds. The zero-order chi connectivity index (χ0) is 15.5. The number of para-hydroxylation sites is 1. The van der Waals surface area contributed by atoms with Crippen LogP contribution in [0.15, 0.2) is 44.7 Å². The molecule has 3 rings (SSSR count). The van der Waals surface area contributed by atoms with E-state index in [-0.39, 0.29) is 5.91 Å². The molecule has 1 aliphatic rings. The number of carbonyl (C=O) groups is 1. The molecule has 1 fully saturated rings. The molecule has 6 heteroatoms. The molecule has 1 saturated heterocycles. The number of nitrogens with zero attached hydrogens (tertiary/aromatic N) is 1. The minimum absolute atomic E-state index is 0.00885. The van der Waals surface area contributed by atoms with Gasteiger partial charge >= 0.3 is 0 Å². The summed E-state index contributed by atoms with van der Waals surface area (Å²) in [7, 11) is 0. The van der Waals surface area contributed by atoms with E-state index in [0.29, 0.717) is 5.92 Å². The van der Waals surface area contributed by atoms with Gasteiger partial charge in [0.25, 0.3) is 5.91 Å². The molecule has 1 aliphatic heterocycles. The van der Waals surface area contributed by atoms with E-state index in [1.165, 1.54) is 17.0 Å². The van der Waals surface area contributed by atoms with Crippen molar-refractivity contribution in [1.29, 1.82) is 0 Å². The number of benzene rings is 1. The first kappa shape index (κ1) is 16.0. The molecule has 0 bridgehead atoms. The van der Waals surface area contributed by atoms with Gasteiger partial charge in [0.1, 0.15) is 0 Å². The minimum atomic E-state index is 0.00885. The number of hydrogen-bond donors (Lipinski definition) is 1. The average molecular weight is 444 g/mol. The van der Waals surface area contributed by atoms with E-state index >= 15 is 0 Å². The van der Waals surface area contributed by atoms with Gasteiger partial charge in [-0.05, 0) is 62.4 Å². The maximum Gasteiger partial charge on any atom is 0.261 e. The van der Waals surface area contributed by atoms with E-state index in [2.05, 4.69) is 66.3 Å². The number of nitrogens with one attached hydrogen (secondary N) is 1. The van der Waals surface area contributed by atoms with Gasteiger partial charge in [0.15, 0.2) is 0 Å². The number of thiophene rings is 1. The van der Waals surface area contributed by atoms with Crippen LogP contribution in [-0.2, 0) is 0 Å². The van der Waals surface area contributed by atoms with E-state index in [9.17, 15) is 4.79 Å². The topological polar surface area (TPSA) is 32.3 Å². The second-order valence-electron chi connectivity index (χ2n) is 5.38. The summed E-state index contributed by atoms with van der Waals surface area (Å²) >= 11 is 8.28. The van der Waals surface area contributed by atoms with Crippen LogP contribution in [0.4, 0.5) is 5.69 Å². The molecule has 1 atom stereocenters. The minimum Gasteiger partial charge on any atom is -0.371 e. The zero-order valence-corrected chi connectivity index (χ0v) is 15.9. The molecule has 1 N–H and O–H groups in total. The van der Waals surface area contributed by atoms with Gasteiger partial charge in [-0.2, -0.15) is 0 Å². The van der Waals surface area contributed by atoms with Crippen LogP contribution in [0.3, 0.4) is 0 Å². The summed E-state index contributed by atoms with van der Waals surface area (Å²) in [5.74, 6) is 0.519. The summed E-state index contributed by atoms with van der Waals surface area (Å²) in [5, 5.41) is 3.06. The van der Waals surface area contributed by atoms with Crippen LogP contribution in [0.1, 0.15) is 16.1 Å². The van der Waals surface area contributed by atoms with Gasteiger partial charge in [0.2, 0.25) is 0 Å². The summed E-state index contributed by atoms with van der Waals surface area (Å²) in [4.78, 5) is 15.3. The van der Waals surface area contributed by atoms with E-state index in [1.54, 1.807) is 0 Å². The highest BCUT2D eigenvalue weighted by atomic mass is 79.9. The van der Waals surface area contributed by atoms with E-state index < -0.39 is 0 Å². The van der Waals surface area contributed by atoms with E-state index in [4.69, 9.17) is 0 Å². The molecule has 1 aromatic heterocycles. The Balaban J connectivity index is 1.51. The van der Waals surface area contributed by atoms with Crippen molar-refractivity contribution >= 4 is 54.8 Å². The van der Waals surface area contributed by atoms with Gasteiger partial charge in [-0.15, -0.1) is 11.3 Å². The summed E-state index contributed by atoms with van der Waals surface area (Å²) < 4.78 is 1.88. The summed E-state index contributed by atoms with van der Waals surface area (Å²) in [6.45, 7) is 2.79. The molecular formula is C16H16Br2N2OS. The molecule has 1 aromatic carbocycles. The van der Waals surface area contributed by atoms with Crippen LogP contribution in [0.25, 0.3) is 0 Å². The fourth-order valence-corrected chi connectivity index (χ4v) is 4.61.